The number of rotatable bonds is 9. The van der Waals surface area contributed by atoms with Crippen LogP contribution in [0.25, 0.3) is 0 Å². The molecule has 0 bridgehead atoms. The molecule has 3 N–H and O–H groups in total. The monoisotopic (exact) mass is 278 g/mol. The molecule has 0 fully saturated rings. The molecule has 2 atom stereocenters. The molecule has 110 valence electrons. The second-order valence-electron chi connectivity index (χ2n) is 4.80. The highest BCUT2D eigenvalue weighted by Gasteiger charge is 2.05. The van der Waals surface area contributed by atoms with Crippen LogP contribution in [0, 0.1) is 11.3 Å². The van der Waals surface area contributed by atoms with Crippen molar-refractivity contribution in [1.29, 1.82) is 5.26 Å². The Balaban J connectivity index is 2.13. The SMILES string of the molecule is CC(O)CCCNCC(O)COc1ccc(C#N)cc1. The van der Waals surface area contributed by atoms with Gasteiger partial charge >= 0.3 is 0 Å². The summed E-state index contributed by atoms with van der Waals surface area (Å²) in [4.78, 5) is 0. The zero-order chi connectivity index (χ0) is 14.8. The molecule has 0 aliphatic carbocycles. The molecule has 0 aliphatic heterocycles. The molecule has 5 nitrogen and oxygen atoms in total. The largest absolute Gasteiger partial charge is 0.491 e. The molecule has 0 radical (unpaired) electrons. The van der Waals surface area contributed by atoms with Crippen LogP contribution < -0.4 is 10.1 Å². The van der Waals surface area contributed by atoms with Gasteiger partial charge in [0, 0.05) is 6.54 Å². The lowest BCUT2D eigenvalue weighted by Gasteiger charge is -2.13. The van der Waals surface area contributed by atoms with E-state index in [0.717, 1.165) is 19.4 Å². The Morgan fingerprint density at radius 2 is 2.00 bits per heavy atom. The van der Waals surface area contributed by atoms with Crippen molar-refractivity contribution in [3.63, 3.8) is 0 Å². The summed E-state index contributed by atoms with van der Waals surface area (Å²) in [5.41, 5.74) is 0.581. The average molecular weight is 278 g/mol. The maximum absolute atomic E-state index is 9.73. The fourth-order valence-electron chi connectivity index (χ4n) is 1.67. The molecule has 1 rings (SSSR count). The van der Waals surface area contributed by atoms with Gasteiger partial charge in [0.1, 0.15) is 18.5 Å². The minimum Gasteiger partial charge on any atom is -0.491 e. The Bertz CT molecular complexity index is 412. The quantitative estimate of drug-likeness (QED) is 0.588. The summed E-state index contributed by atoms with van der Waals surface area (Å²) < 4.78 is 5.42. The van der Waals surface area contributed by atoms with Crippen LogP contribution in [0.4, 0.5) is 0 Å². The molecule has 0 aliphatic rings. The van der Waals surface area contributed by atoms with Crippen molar-refractivity contribution < 1.29 is 14.9 Å². The molecule has 1 aromatic rings. The molecule has 1 aromatic carbocycles. The van der Waals surface area contributed by atoms with E-state index >= 15 is 0 Å². The fourth-order valence-corrected chi connectivity index (χ4v) is 1.67. The lowest BCUT2D eigenvalue weighted by Crippen LogP contribution is -2.32. The Hall–Kier alpha value is -1.61. The second-order valence-corrected chi connectivity index (χ2v) is 4.80. The van der Waals surface area contributed by atoms with Crippen LogP contribution in [0.15, 0.2) is 24.3 Å². The molecule has 0 saturated heterocycles. The summed E-state index contributed by atoms with van der Waals surface area (Å²) >= 11 is 0. The minimum absolute atomic E-state index is 0.204. The van der Waals surface area contributed by atoms with Crippen molar-refractivity contribution in [1.82, 2.24) is 5.32 Å². The van der Waals surface area contributed by atoms with Crippen LogP contribution in [0.1, 0.15) is 25.3 Å². The minimum atomic E-state index is -0.586. The summed E-state index contributed by atoms with van der Waals surface area (Å²) in [6.07, 6.45) is 0.768. The molecular weight excluding hydrogens is 256 g/mol. The highest BCUT2D eigenvalue weighted by atomic mass is 16.5. The Morgan fingerprint density at radius 1 is 1.30 bits per heavy atom. The smallest absolute Gasteiger partial charge is 0.119 e. The molecule has 0 heterocycles. The summed E-state index contributed by atoms with van der Waals surface area (Å²) in [6, 6.07) is 8.81. The van der Waals surface area contributed by atoms with Gasteiger partial charge in [0.25, 0.3) is 0 Å². The standard InChI is InChI=1S/C15H22N2O3/c1-12(18)3-2-8-17-10-14(19)11-20-15-6-4-13(9-16)5-7-15/h4-7,12,14,17-19H,2-3,8,10-11H2,1H3. The molecule has 0 saturated carbocycles. The number of hydrogen-bond donors (Lipinski definition) is 3. The number of aliphatic hydroxyl groups is 2. The third-order valence-corrected chi connectivity index (χ3v) is 2.78. The number of nitrogens with one attached hydrogen (secondary N) is 1. The predicted octanol–water partition coefficient (Wildman–Crippen LogP) is 1.05. The maximum atomic E-state index is 9.73. The van der Waals surface area contributed by atoms with Gasteiger partial charge in [0.05, 0.1) is 17.7 Å². The number of ether oxygens (including phenoxy) is 1. The number of nitriles is 1. The lowest BCUT2D eigenvalue weighted by molar-refractivity contribution is 0.106. The first-order valence-electron chi connectivity index (χ1n) is 6.81. The molecule has 2 unspecified atom stereocenters. The van der Waals surface area contributed by atoms with Crippen LogP contribution in [0.3, 0.4) is 0 Å². The number of aliphatic hydroxyl groups excluding tert-OH is 2. The van der Waals surface area contributed by atoms with Crippen molar-refractivity contribution in [2.45, 2.75) is 32.0 Å². The van der Waals surface area contributed by atoms with E-state index in [1.165, 1.54) is 0 Å². The predicted molar refractivity (Wildman–Crippen MR) is 76.4 cm³/mol. The van der Waals surface area contributed by atoms with E-state index in [1.807, 2.05) is 6.07 Å². The highest BCUT2D eigenvalue weighted by molar-refractivity contribution is 5.34. The zero-order valence-corrected chi connectivity index (χ0v) is 11.7. The van der Waals surface area contributed by atoms with Crippen molar-refractivity contribution in [2.75, 3.05) is 19.7 Å². The number of benzene rings is 1. The Kier molecular flexibility index (Phi) is 7.66. The van der Waals surface area contributed by atoms with E-state index < -0.39 is 6.10 Å². The van der Waals surface area contributed by atoms with Gasteiger partial charge in [-0.15, -0.1) is 0 Å². The van der Waals surface area contributed by atoms with E-state index in [4.69, 9.17) is 15.1 Å². The van der Waals surface area contributed by atoms with E-state index in [2.05, 4.69) is 5.32 Å². The van der Waals surface area contributed by atoms with Gasteiger partial charge < -0.3 is 20.3 Å². The first-order valence-corrected chi connectivity index (χ1v) is 6.81. The van der Waals surface area contributed by atoms with Gasteiger partial charge in [-0.2, -0.15) is 5.26 Å². The van der Waals surface area contributed by atoms with E-state index in [0.29, 0.717) is 17.9 Å². The summed E-state index contributed by atoms with van der Waals surface area (Å²) in [5, 5.41) is 30.6. The summed E-state index contributed by atoms with van der Waals surface area (Å²) in [5.74, 6) is 0.636. The van der Waals surface area contributed by atoms with E-state index in [9.17, 15) is 5.11 Å². The van der Waals surface area contributed by atoms with Crippen molar-refractivity contribution >= 4 is 0 Å². The average Bonchev–Trinajstić information content (AvgIpc) is 2.45. The molecule has 20 heavy (non-hydrogen) atoms. The van der Waals surface area contributed by atoms with Gasteiger partial charge in [-0.3, -0.25) is 0 Å². The van der Waals surface area contributed by atoms with Gasteiger partial charge in [-0.05, 0) is 50.6 Å². The maximum Gasteiger partial charge on any atom is 0.119 e. The lowest BCUT2D eigenvalue weighted by atomic mass is 10.2. The first kappa shape index (κ1) is 16.4. The second kappa shape index (κ2) is 9.32. The molecule has 0 amide bonds. The summed E-state index contributed by atoms with van der Waals surface area (Å²) in [6.45, 7) is 3.19. The Morgan fingerprint density at radius 3 is 2.60 bits per heavy atom. The van der Waals surface area contributed by atoms with Gasteiger partial charge in [0.15, 0.2) is 0 Å². The van der Waals surface area contributed by atoms with E-state index in [-0.39, 0.29) is 12.7 Å². The van der Waals surface area contributed by atoms with Crippen LogP contribution in [-0.4, -0.2) is 42.1 Å². The third kappa shape index (κ3) is 7.10. The van der Waals surface area contributed by atoms with Crippen molar-refractivity contribution in [3.8, 4) is 11.8 Å². The molecule has 0 aromatic heterocycles. The Labute approximate surface area is 119 Å². The van der Waals surface area contributed by atoms with E-state index in [1.54, 1.807) is 31.2 Å². The van der Waals surface area contributed by atoms with Crippen LogP contribution >= 0.6 is 0 Å². The number of nitrogens with zero attached hydrogens (tertiary/aromatic N) is 1. The van der Waals surface area contributed by atoms with Crippen LogP contribution in [0.2, 0.25) is 0 Å². The van der Waals surface area contributed by atoms with Crippen LogP contribution in [0.5, 0.6) is 5.75 Å². The van der Waals surface area contributed by atoms with Crippen molar-refractivity contribution in [2.24, 2.45) is 0 Å². The number of hydrogen-bond acceptors (Lipinski definition) is 5. The molecule has 0 spiro atoms. The topological polar surface area (TPSA) is 85.5 Å². The first-order chi connectivity index (χ1) is 9.61. The van der Waals surface area contributed by atoms with Crippen molar-refractivity contribution in [3.05, 3.63) is 29.8 Å². The molecular formula is C15H22N2O3. The fraction of sp³-hybridized carbons (Fsp3) is 0.533. The zero-order valence-electron chi connectivity index (χ0n) is 11.7. The summed E-state index contributed by atoms with van der Waals surface area (Å²) in [7, 11) is 0. The van der Waals surface area contributed by atoms with Crippen LogP contribution in [-0.2, 0) is 0 Å². The molecule has 5 heteroatoms. The third-order valence-electron chi connectivity index (χ3n) is 2.78. The van der Waals surface area contributed by atoms with Gasteiger partial charge in [-0.1, -0.05) is 0 Å². The van der Waals surface area contributed by atoms with Gasteiger partial charge in [-0.25, -0.2) is 0 Å². The highest BCUT2D eigenvalue weighted by Crippen LogP contribution is 2.11. The normalized spacial score (nSPS) is 13.5. The van der Waals surface area contributed by atoms with Gasteiger partial charge in [0.2, 0.25) is 0 Å².